The molecule has 0 saturated carbocycles. The van der Waals surface area contributed by atoms with Crippen molar-refractivity contribution in [2.24, 2.45) is 0 Å². The maximum absolute atomic E-state index is 13.7. The number of benzene rings is 1. The van der Waals surface area contributed by atoms with Crippen LogP contribution in [-0.4, -0.2) is 47.4 Å². The molecule has 0 bridgehead atoms. The zero-order valence-corrected chi connectivity index (χ0v) is 12.6. The number of halogens is 1. The fourth-order valence-electron chi connectivity index (χ4n) is 2.92. The number of hydrogen-bond donors (Lipinski definition) is 0. The average Bonchev–Trinajstić information content (AvgIpc) is 2.60. The summed E-state index contributed by atoms with van der Waals surface area (Å²) in [5.74, 6) is -0.752. The lowest BCUT2D eigenvalue weighted by molar-refractivity contribution is -0.387. The molecule has 1 atom stereocenters. The van der Waals surface area contributed by atoms with Crippen molar-refractivity contribution in [3.63, 3.8) is 0 Å². The first-order valence-corrected chi connectivity index (χ1v) is 7.36. The first-order valence-electron chi connectivity index (χ1n) is 7.36. The summed E-state index contributed by atoms with van der Waals surface area (Å²) in [4.78, 5) is 14.6. The summed E-state index contributed by atoms with van der Waals surface area (Å²) < 4.78 is 13.7. The van der Waals surface area contributed by atoms with E-state index in [9.17, 15) is 14.5 Å². The second-order valence-electron chi connectivity index (χ2n) is 5.69. The molecule has 1 aromatic carbocycles. The SMILES string of the molecule is CCC1CN(C)CCCN1Cc1ccc([N+](=O)[O-])c(F)c1. The summed E-state index contributed by atoms with van der Waals surface area (Å²) >= 11 is 0. The number of likely N-dealkylation sites (N-methyl/N-ethyl adjacent to an activating group) is 1. The molecule has 116 valence electrons. The zero-order chi connectivity index (χ0) is 15.4. The monoisotopic (exact) mass is 295 g/mol. The molecule has 0 amide bonds. The molecule has 1 fully saturated rings. The Balaban J connectivity index is 2.12. The highest BCUT2D eigenvalue weighted by atomic mass is 19.1. The van der Waals surface area contributed by atoms with Crippen LogP contribution in [0.4, 0.5) is 10.1 Å². The third-order valence-electron chi connectivity index (χ3n) is 4.09. The lowest BCUT2D eigenvalue weighted by atomic mass is 10.1. The van der Waals surface area contributed by atoms with E-state index in [1.54, 1.807) is 6.07 Å². The Hall–Kier alpha value is -1.53. The van der Waals surface area contributed by atoms with Crippen LogP contribution >= 0.6 is 0 Å². The van der Waals surface area contributed by atoms with E-state index in [0.717, 1.165) is 38.0 Å². The zero-order valence-electron chi connectivity index (χ0n) is 12.6. The summed E-state index contributed by atoms with van der Waals surface area (Å²) in [6.45, 7) is 5.85. The molecule has 1 aromatic rings. The highest BCUT2D eigenvalue weighted by Gasteiger charge is 2.23. The highest BCUT2D eigenvalue weighted by Crippen LogP contribution is 2.21. The van der Waals surface area contributed by atoms with Crippen molar-refractivity contribution in [3.05, 3.63) is 39.7 Å². The molecule has 1 aliphatic rings. The van der Waals surface area contributed by atoms with E-state index in [2.05, 4.69) is 23.8 Å². The lowest BCUT2D eigenvalue weighted by Crippen LogP contribution is -2.39. The minimum Gasteiger partial charge on any atom is -0.305 e. The van der Waals surface area contributed by atoms with E-state index in [-0.39, 0.29) is 0 Å². The van der Waals surface area contributed by atoms with Crippen molar-refractivity contribution in [3.8, 4) is 0 Å². The van der Waals surface area contributed by atoms with Gasteiger partial charge < -0.3 is 4.90 Å². The number of rotatable bonds is 4. The minimum atomic E-state index is -0.752. The summed E-state index contributed by atoms with van der Waals surface area (Å²) in [6.07, 6.45) is 2.13. The highest BCUT2D eigenvalue weighted by molar-refractivity contribution is 5.35. The Morgan fingerprint density at radius 2 is 2.19 bits per heavy atom. The molecule has 0 spiro atoms. The predicted octanol–water partition coefficient (Wildman–Crippen LogP) is 2.65. The van der Waals surface area contributed by atoms with Crippen LogP contribution in [0, 0.1) is 15.9 Å². The molecule has 21 heavy (non-hydrogen) atoms. The summed E-state index contributed by atoms with van der Waals surface area (Å²) in [6, 6.07) is 4.65. The Morgan fingerprint density at radius 3 is 2.81 bits per heavy atom. The molecule has 6 heteroatoms. The third kappa shape index (κ3) is 3.98. The van der Waals surface area contributed by atoms with E-state index in [0.29, 0.717) is 12.6 Å². The van der Waals surface area contributed by atoms with Crippen molar-refractivity contribution in [2.45, 2.75) is 32.4 Å². The van der Waals surface area contributed by atoms with Crippen LogP contribution in [0.2, 0.25) is 0 Å². The van der Waals surface area contributed by atoms with Gasteiger partial charge in [0.15, 0.2) is 0 Å². The largest absolute Gasteiger partial charge is 0.305 e. The van der Waals surface area contributed by atoms with Crippen molar-refractivity contribution in [1.82, 2.24) is 9.80 Å². The van der Waals surface area contributed by atoms with Gasteiger partial charge in [-0.25, -0.2) is 0 Å². The molecule has 1 heterocycles. The maximum atomic E-state index is 13.7. The van der Waals surface area contributed by atoms with Crippen molar-refractivity contribution < 1.29 is 9.31 Å². The van der Waals surface area contributed by atoms with E-state index in [4.69, 9.17) is 0 Å². The third-order valence-corrected chi connectivity index (χ3v) is 4.09. The van der Waals surface area contributed by atoms with Gasteiger partial charge in [-0.15, -0.1) is 0 Å². The molecule has 0 radical (unpaired) electrons. The molecule has 1 unspecified atom stereocenters. The van der Waals surface area contributed by atoms with Crippen LogP contribution in [0.5, 0.6) is 0 Å². The summed E-state index contributed by atoms with van der Waals surface area (Å²) in [5, 5.41) is 10.7. The quantitative estimate of drug-likeness (QED) is 0.633. The van der Waals surface area contributed by atoms with Gasteiger partial charge in [0.25, 0.3) is 0 Å². The number of nitro benzene ring substituents is 1. The first kappa shape index (κ1) is 15.9. The summed E-state index contributed by atoms with van der Waals surface area (Å²) in [5.41, 5.74) is 0.336. The van der Waals surface area contributed by atoms with Gasteiger partial charge in [0, 0.05) is 31.7 Å². The Morgan fingerprint density at radius 1 is 1.43 bits per heavy atom. The van der Waals surface area contributed by atoms with Gasteiger partial charge in [0.1, 0.15) is 0 Å². The van der Waals surface area contributed by atoms with Crippen molar-refractivity contribution in [2.75, 3.05) is 26.7 Å². The van der Waals surface area contributed by atoms with Crippen LogP contribution < -0.4 is 0 Å². The molecule has 0 aliphatic carbocycles. The van der Waals surface area contributed by atoms with Gasteiger partial charge >= 0.3 is 5.69 Å². The second-order valence-corrected chi connectivity index (χ2v) is 5.69. The molecule has 0 aromatic heterocycles. The molecule has 1 saturated heterocycles. The van der Waals surface area contributed by atoms with Gasteiger partial charge in [-0.1, -0.05) is 13.0 Å². The molecule has 1 aliphatic heterocycles. The van der Waals surface area contributed by atoms with Gasteiger partial charge in [-0.3, -0.25) is 15.0 Å². The number of hydrogen-bond acceptors (Lipinski definition) is 4. The van der Waals surface area contributed by atoms with Crippen LogP contribution in [0.15, 0.2) is 18.2 Å². The smallest absolute Gasteiger partial charge is 0.304 e. The summed E-state index contributed by atoms with van der Waals surface area (Å²) in [7, 11) is 2.12. The van der Waals surface area contributed by atoms with Gasteiger partial charge in [-0.2, -0.15) is 4.39 Å². The van der Waals surface area contributed by atoms with Crippen LogP contribution in [0.1, 0.15) is 25.3 Å². The molecule has 0 N–H and O–H groups in total. The Kier molecular flexibility index (Phi) is 5.25. The molecular formula is C15H22FN3O2. The van der Waals surface area contributed by atoms with Crippen LogP contribution in [-0.2, 0) is 6.54 Å². The van der Waals surface area contributed by atoms with Gasteiger partial charge in [0.2, 0.25) is 5.82 Å². The first-order chi connectivity index (χ1) is 10.0. The normalized spacial score (nSPS) is 21.2. The van der Waals surface area contributed by atoms with Crippen LogP contribution in [0.25, 0.3) is 0 Å². The van der Waals surface area contributed by atoms with Crippen LogP contribution in [0.3, 0.4) is 0 Å². The maximum Gasteiger partial charge on any atom is 0.304 e. The van der Waals surface area contributed by atoms with Crippen molar-refractivity contribution in [1.29, 1.82) is 0 Å². The Bertz CT molecular complexity index is 510. The lowest BCUT2D eigenvalue weighted by Gasteiger charge is -2.30. The van der Waals surface area contributed by atoms with E-state index in [1.165, 1.54) is 12.1 Å². The van der Waals surface area contributed by atoms with E-state index >= 15 is 0 Å². The second kappa shape index (κ2) is 6.95. The fraction of sp³-hybridized carbons (Fsp3) is 0.600. The minimum absolute atomic E-state index is 0.441. The standard InChI is InChI=1S/C15H22FN3O2/c1-3-13-11-17(2)7-4-8-18(13)10-12-5-6-15(19(20)21)14(16)9-12/h5-6,9,13H,3-4,7-8,10-11H2,1-2H3. The molecule has 5 nitrogen and oxygen atoms in total. The Labute approximate surface area is 124 Å². The van der Waals surface area contributed by atoms with Gasteiger partial charge in [-0.05, 0) is 38.1 Å². The van der Waals surface area contributed by atoms with E-state index in [1.807, 2.05) is 0 Å². The van der Waals surface area contributed by atoms with E-state index < -0.39 is 16.4 Å². The fourth-order valence-corrected chi connectivity index (χ4v) is 2.92. The topological polar surface area (TPSA) is 49.6 Å². The van der Waals surface area contributed by atoms with Crippen molar-refractivity contribution >= 4 is 5.69 Å². The predicted molar refractivity (Wildman–Crippen MR) is 79.7 cm³/mol. The van der Waals surface area contributed by atoms with Gasteiger partial charge in [0.05, 0.1) is 4.92 Å². The molecule has 2 rings (SSSR count). The number of nitro groups is 1. The average molecular weight is 295 g/mol. The molecular weight excluding hydrogens is 273 g/mol. The number of nitrogens with zero attached hydrogens (tertiary/aromatic N) is 3.